The van der Waals surface area contributed by atoms with E-state index in [0.717, 1.165) is 66.1 Å². The van der Waals surface area contributed by atoms with Crippen LogP contribution < -0.4 is 5.32 Å². The van der Waals surface area contributed by atoms with Gasteiger partial charge < -0.3 is 10.2 Å². The van der Waals surface area contributed by atoms with E-state index in [2.05, 4.69) is 68.2 Å². The van der Waals surface area contributed by atoms with E-state index in [1.165, 1.54) is 11.1 Å². The number of rotatable bonds is 4. The van der Waals surface area contributed by atoms with Gasteiger partial charge in [0.2, 0.25) is 0 Å². The summed E-state index contributed by atoms with van der Waals surface area (Å²) >= 11 is 0. The number of hydrogen-bond donors (Lipinski definition) is 2. The van der Waals surface area contributed by atoms with Gasteiger partial charge in [-0.15, -0.1) is 0 Å². The van der Waals surface area contributed by atoms with Crippen LogP contribution in [0, 0.1) is 25.7 Å². The Morgan fingerprint density at radius 3 is 2.64 bits per heavy atom. The van der Waals surface area contributed by atoms with E-state index >= 15 is 0 Å². The highest BCUT2D eigenvalue weighted by molar-refractivity contribution is 6.04. The van der Waals surface area contributed by atoms with Crippen molar-refractivity contribution in [3.05, 3.63) is 88.2 Å². The highest BCUT2D eigenvalue weighted by Crippen LogP contribution is 2.19. The molecular formula is C29H30N6O. The highest BCUT2D eigenvalue weighted by atomic mass is 16.1. The van der Waals surface area contributed by atoms with Gasteiger partial charge in [-0.2, -0.15) is 5.10 Å². The first-order valence-electron chi connectivity index (χ1n) is 12.2. The van der Waals surface area contributed by atoms with Crippen molar-refractivity contribution in [2.75, 3.05) is 38.5 Å². The number of nitrogens with zero attached hydrogens (tertiary/aromatic N) is 4. The number of aromatic amines is 1. The summed E-state index contributed by atoms with van der Waals surface area (Å²) in [6, 6.07) is 13.7. The van der Waals surface area contributed by atoms with Crippen molar-refractivity contribution >= 4 is 22.6 Å². The standard InChI is InChI=1S/C29H30N6O/c1-20-4-6-24(16-23(20)7-5-22-15-26-18-31-33-28(26)30-17-22)29(36)32-27-9-8-25(21(2)14-27)19-35-12-10-34(3)11-13-35/h4,6,8-9,14-18H,10-13,19H2,1-3H3,(H,32,36)(H,30,31,33). The molecule has 5 rings (SSSR count). The number of benzene rings is 2. The molecule has 1 saturated heterocycles. The second-order valence-electron chi connectivity index (χ2n) is 9.49. The summed E-state index contributed by atoms with van der Waals surface area (Å²) in [5.41, 5.74) is 7.22. The van der Waals surface area contributed by atoms with E-state index in [9.17, 15) is 4.79 Å². The van der Waals surface area contributed by atoms with Crippen molar-refractivity contribution < 1.29 is 4.79 Å². The average molecular weight is 479 g/mol. The van der Waals surface area contributed by atoms with Crippen LogP contribution in [0.1, 0.15) is 38.2 Å². The minimum Gasteiger partial charge on any atom is -0.322 e. The molecule has 36 heavy (non-hydrogen) atoms. The third kappa shape index (κ3) is 5.46. The SMILES string of the molecule is Cc1ccc(C(=O)Nc2ccc(CN3CCN(C)CC3)c(C)c2)cc1C#Cc1cnc2[nH]ncc2c1. The minimum atomic E-state index is -0.147. The Labute approximate surface area is 211 Å². The number of nitrogens with one attached hydrogen (secondary N) is 2. The molecule has 0 aliphatic carbocycles. The molecular weight excluding hydrogens is 448 g/mol. The topological polar surface area (TPSA) is 77.2 Å². The number of pyridine rings is 1. The summed E-state index contributed by atoms with van der Waals surface area (Å²) in [5.74, 6) is 6.20. The summed E-state index contributed by atoms with van der Waals surface area (Å²) in [7, 11) is 2.17. The summed E-state index contributed by atoms with van der Waals surface area (Å²) in [4.78, 5) is 22.2. The van der Waals surface area contributed by atoms with Gasteiger partial charge in [0, 0.05) is 66.7 Å². The Kier molecular flexibility index (Phi) is 6.81. The molecule has 0 bridgehead atoms. The smallest absolute Gasteiger partial charge is 0.255 e. The summed E-state index contributed by atoms with van der Waals surface area (Å²) in [6.07, 6.45) is 3.44. The summed E-state index contributed by atoms with van der Waals surface area (Å²) < 4.78 is 0. The molecule has 1 fully saturated rings. The number of anilines is 1. The number of carbonyl (C=O) groups excluding carboxylic acids is 1. The van der Waals surface area contributed by atoms with Crippen LogP contribution in [0.3, 0.4) is 0 Å². The Morgan fingerprint density at radius 1 is 1.00 bits per heavy atom. The van der Waals surface area contributed by atoms with Crippen molar-refractivity contribution in [2.24, 2.45) is 0 Å². The van der Waals surface area contributed by atoms with Crippen LogP contribution in [0.2, 0.25) is 0 Å². The van der Waals surface area contributed by atoms with Crippen LogP contribution in [-0.2, 0) is 6.54 Å². The number of amides is 1. The zero-order valence-corrected chi connectivity index (χ0v) is 20.9. The molecule has 1 amide bonds. The highest BCUT2D eigenvalue weighted by Gasteiger charge is 2.15. The van der Waals surface area contributed by atoms with E-state index in [1.807, 2.05) is 37.3 Å². The fourth-order valence-corrected chi connectivity index (χ4v) is 4.34. The number of carbonyl (C=O) groups is 1. The molecule has 0 radical (unpaired) electrons. The minimum absolute atomic E-state index is 0.147. The van der Waals surface area contributed by atoms with E-state index in [4.69, 9.17) is 0 Å². The molecule has 2 N–H and O–H groups in total. The molecule has 0 unspecified atom stereocenters. The maximum Gasteiger partial charge on any atom is 0.255 e. The van der Waals surface area contributed by atoms with Crippen molar-refractivity contribution in [3.63, 3.8) is 0 Å². The number of likely N-dealkylation sites (N-methyl/N-ethyl adjacent to an activating group) is 1. The third-order valence-electron chi connectivity index (χ3n) is 6.72. The lowest BCUT2D eigenvalue weighted by molar-refractivity contribution is 0.102. The molecule has 0 atom stereocenters. The van der Waals surface area contributed by atoms with E-state index in [1.54, 1.807) is 12.4 Å². The maximum atomic E-state index is 13.0. The van der Waals surface area contributed by atoms with Gasteiger partial charge in [0.1, 0.15) is 0 Å². The van der Waals surface area contributed by atoms with Crippen LogP contribution in [0.15, 0.2) is 54.9 Å². The summed E-state index contributed by atoms with van der Waals surface area (Å²) in [6.45, 7) is 9.42. The molecule has 1 aliphatic heterocycles. The van der Waals surface area contributed by atoms with Crippen molar-refractivity contribution in [3.8, 4) is 11.8 Å². The maximum absolute atomic E-state index is 13.0. The molecule has 2 aromatic heterocycles. The summed E-state index contributed by atoms with van der Waals surface area (Å²) in [5, 5.41) is 10.8. The molecule has 2 aromatic carbocycles. The number of H-pyrrole nitrogens is 1. The first kappa shape index (κ1) is 23.7. The zero-order chi connectivity index (χ0) is 25.1. The van der Waals surface area contributed by atoms with Crippen LogP contribution >= 0.6 is 0 Å². The van der Waals surface area contributed by atoms with Crippen LogP contribution in [-0.4, -0.2) is 64.1 Å². The quantitative estimate of drug-likeness (QED) is 0.434. The predicted octanol–water partition coefficient (Wildman–Crippen LogP) is 3.97. The van der Waals surface area contributed by atoms with Crippen molar-refractivity contribution in [1.29, 1.82) is 0 Å². The van der Waals surface area contributed by atoms with Gasteiger partial charge in [0.05, 0.1) is 6.20 Å². The largest absolute Gasteiger partial charge is 0.322 e. The Hall–Kier alpha value is -3.99. The second kappa shape index (κ2) is 10.3. The lowest BCUT2D eigenvalue weighted by Crippen LogP contribution is -2.43. The average Bonchev–Trinajstić information content (AvgIpc) is 3.34. The Morgan fingerprint density at radius 2 is 1.83 bits per heavy atom. The fraction of sp³-hybridized carbons (Fsp3) is 0.276. The molecule has 0 spiro atoms. The number of piperazine rings is 1. The van der Waals surface area contributed by atoms with E-state index < -0.39 is 0 Å². The number of aryl methyl sites for hydroxylation is 2. The van der Waals surface area contributed by atoms with Gasteiger partial charge in [-0.1, -0.05) is 24.0 Å². The van der Waals surface area contributed by atoms with Gasteiger partial charge in [0.25, 0.3) is 5.91 Å². The van der Waals surface area contributed by atoms with Gasteiger partial charge >= 0.3 is 0 Å². The first-order chi connectivity index (χ1) is 17.4. The van der Waals surface area contributed by atoms with Gasteiger partial charge in [-0.05, 0) is 67.9 Å². The first-order valence-corrected chi connectivity index (χ1v) is 12.2. The molecule has 7 heteroatoms. The molecule has 0 saturated carbocycles. The van der Waals surface area contributed by atoms with Gasteiger partial charge in [0.15, 0.2) is 5.65 Å². The Balaban J connectivity index is 1.27. The molecule has 7 nitrogen and oxygen atoms in total. The lowest BCUT2D eigenvalue weighted by atomic mass is 10.0. The van der Waals surface area contributed by atoms with Crippen molar-refractivity contribution in [1.82, 2.24) is 25.0 Å². The normalized spacial score (nSPS) is 14.4. The molecule has 1 aliphatic rings. The number of aromatic nitrogens is 3. The lowest BCUT2D eigenvalue weighted by Gasteiger charge is -2.32. The van der Waals surface area contributed by atoms with Crippen LogP contribution in [0.5, 0.6) is 0 Å². The second-order valence-corrected chi connectivity index (χ2v) is 9.49. The predicted molar refractivity (Wildman–Crippen MR) is 143 cm³/mol. The van der Waals surface area contributed by atoms with E-state index in [0.29, 0.717) is 5.56 Å². The number of fused-ring (bicyclic) bond motifs is 1. The van der Waals surface area contributed by atoms with E-state index in [-0.39, 0.29) is 5.91 Å². The van der Waals surface area contributed by atoms with Gasteiger partial charge in [-0.25, -0.2) is 4.98 Å². The molecule has 4 aromatic rings. The van der Waals surface area contributed by atoms with Crippen LogP contribution in [0.25, 0.3) is 11.0 Å². The zero-order valence-electron chi connectivity index (χ0n) is 20.9. The Bertz CT molecular complexity index is 1470. The van der Waals surface area contributed by atoms with Crippen molar-refractivity contribution in [2.45, 2.75) is 20.4 Å². The molecule has 3 heterocycles. The molecule has 182 valence electrons. The third-order valence-corrected chi connectivity index (χ3v) is 6.72. The van der Waals surface area contributed by atoms with Crippen LogP contribution in [0.4, 0.5) is 5.69 Å². The fourth-order valence-electron chi connectivity index (χ4n) is 4.34. The monoisotopic (exact) mass is 478 g/mol. The number of hydrogen-bond acceptors (Lipinski definition) is 5. The van der Waals surface area contributed by atoms with Gasteiger partial charge in [-0.3, -0.25) is 14.8 Å².